The van der Waals surface area contributed by atoms with Crippen LogP contribution < -0.4 is 0 Å². The van der Waals surface area contributed by atoms with Crippen LogP contribution in [0.2, 0.25) is 0 Å². The van der Waals surface area contributed by atoms with Crippen LogP contribution in [0, 0.1) is 0 Å². The Morgan fingerprint density at radius 1 is 0.280 bits per heavy atom. The van der Waals surface area contributed by atoms with Crippen molar-refractivity contribution in [3.63, 3.8) is 0 Å². The van der Waals surface area contributed by atoms with Gasteiger partial charge in [0.15, 0.2) is 5.82 Å². The van der Waals surface area contributed by atoms with E-state index in [4.69, 9.17) is 15.0 Å². The molecule has 2 heterocycles. The fourth-order valence-electron chi connectivity index (χ4n) is 6.86. The van der Waals surface area contributed by atoms with E-state index >= 15 is 0 Å². The molecule has 0 N–H and O–H groups in total. The fourth-order valence-corrected chi connectivity index (χ4v) is 6.86. The lowest BCUT2D eigenvalue weighted by molar-refractivity contribution is 1.18. The van der Waals surface area contributed by atoms with Gasteiger partial charge in [0.1, 0.15) is 0 Å². The highest BCUT2D eigenvalue weighted by Crippen LogP contribution is 2.41. The monoisotopic (exact) mass is 637 g/mol. The number of aromatic nitrogens is 3. The van der Waals surface area contributed by atoms with Crippen LogP contribution >= 0.6 is 0 Å². The second kappa shape index (κ2) is 12.7. The zero-order valence-corrected chi connectivity index (χ0v) is 27.2. The van der Waals surface area contributed by atoms with Crippen LogP contribution in [-0.4, -0.2) is 15.0 Å². The van der Waals surface area contributed by atoms with E-state index in [0.717, 1.165) is 61.4 Å². The summed E-state index contributed by atoms with van der Waals surface area (Å²) in [6.45, 7) is 0. The molecule has 3 nitrogen and oxygen atoms in total. The van der Waals surface area contributed by atoms with Gasteiger partial charge < -0.3 is 0 Å². The molecular weight excluding hydrogens is 607 g/mol. The average molecular weight is 638 g/mol. The lowest BCUT2D eigenvalue weighted by Gasteiger charge is -2.16. The third-order valence-electron chi connectivity index (χ3n) is 9.27. The number of fused-ring (bicyclic) bond motifs is 3. The van der Waals surface area contributed by atoms with Crippen LogP contribution in [0.3, 0.4) is 0 Å². The largest absolute Gasteiger partial charge is 0.248 e. The van der Waals surface area contributed by atoms with Gasteiger partial charge in [-0.25, -0.2) is 15.0 Å². The molecule has 0 fully saturated rings. The summed E-state index contributed by atoms with van der Waals surface area (Å²) in [6, 6.07) is 65.6. The van der Waals surface area contributed by atoms with Gasteiger partial charge in [-0.2, -0.15) is 0 Å². The van der Waals surface area contributed by atoms with Crippen molar-refractivity contribution in [2.45, 2.75) is 0 Å². The molecule has 9 rings (SSSR count). The van der Waals surface area contributed by atoms with Crippen LogP contribution in [0.5, 0.6) is 0 Å². The molecule has 0 aliphatic carbocycles. The smallest absolute Gasteiger partial charge is 0.160 e. The van der Waals surface area contributed by atoms with E-state index < -0.39 is 0 Å². The highest BCUT2D eigenvalue weighted by Gasteiger charge is 2.17. The van der Waals surface area contributed by atoms with Crippen molar-refractivity contribution >= 4 is 21.7 Å². The molecule has 50 heavy (non-hydrogen) atoms. The minimum atomic E-state index is 0.688. The molecule has 0 amide bonds. The maximum absolute atomic E-state index is 5.31. The summed E-state index contributed by atoms with van der Waals surface area (Å²) in [5.74, 6) is 0.688. The topological polar surface area (TPSA) is 38.7 Å². The lowest BCUT2D eigenvalue weighted by Crippen LogP contribution is -1.96. The third-order valence-corrected chi connectivity index (χ3v) is 9.27. The average Bonchev–Trinajstić information content (AvgIpc) is 3.21. The molecule has 0 aliphatic rings. The molecule has 234 valence electrons. The van der Waals surface area contributed by atoms with Crippen LogP contribution in [0.15, 0.2) is 188 Å². The van der Waals surface area contributed by atoms with E-state index in [1.165, 1.54) is 21.9 Å². The second-order valence-corrected chi connectivity index (χ2v) is 12.4. The Morgan fingerprint density at radius 2 is 0.740 bits per heavy atom. The highest BCUT2D eigenvalue weighted by atomic mass is 14.9. The van der Waals surface area contributed by atoms with Crippen molar-refractivity contribution < 1.29 is 0 Å². The van der Waals surface area contributed by atoms with Gasteiger partial charge in [0, 0.05) is 27.6 Å². The fraction of sp³-hybridized carbons (Fsp3) is 0. The summed E-state index contributed by atoms with van der Waals surface area (Å²) in [7, 11) is 0. The molecule has 0 aliphatic heterocycles. The Morgan fingerprint density at radius 3 is 1.32 bits per heavy atom. The zero-order valence-electron chi connectivity index (χ0n) is 27.2. The second-order valence-electron chi connectivity index (χ2n) is 12.4. The normalized spacial score (nSPS) is 11.2. The molecule has 3 heteroatoms. The molecule has 0 saturated heterocycles. The molecule has 0 spiro atoms. The van der Waals surface area contributed by atoms with Crippen molar-refractivity contribution in [3.8, 4) is 67.4 Å². The van der Waals surface area contributed by atoms with Gasteiger partial charge in [0.2, 0.25) is 0 Å². The Balaban J connectivity index is 1.26. The summed E-state index contributed by atoms with van der Waals surface area (Å²) in [4.78, 5) is 15.5. The first-order valence-electron chi connectivity index (χ1n) is 16.9. The van der Waals surface area contributed by atoms with Gasteiger partial charge in [-0.15, -0.1) is 0 Å². The Bertz CT molecular complexity index is 2560. The molecule has 0 atom stereocenters. The minimum Gasteiger partial charge on any atom is -0.248 e. The third kappa shape index (κ3) is 5.51. The van der Waals surface area contributed by atoms with E-state index in [-0.39, 0.29) is 0 Å². The lowest BCUT2D eigenvalue weighted by atomic mass is 9.90. The summed E-state index contributed by atoms with van der Waals surface area (Å²) in [5.41, 5.74) is 12.4. The quantitative estimate of drug-likeness (QED) is 0.170. The van der Waals surface area contributed by atoms with E-state index in [0.29, 0.717) is 5.82 Å². The minimum absolute atomic E-state index is 0.688. The molecule has 0 radical (unpaired) electrons. The SMILES string of the molecule is c1ccc(-c2cc(-c3ccccc3)nc(-c3cccc(-c4cc5nc(-c6ccccc6)cc(-c6ccccc6)c5c5ccccc45)c3)n2)cc1. The molecule has 7 aromatic carbocycles. The van der Waals surface area contributed by atoms with Gasteiger partial charge in [0.05, 0.1) is 22.6 Å². The van der Waals surface area contributed by atoms with E-state index in [1.54, 1.807) is 0 Å². The van der Waals surface area contributed by atoms with Crippen LogP contribution in [0.4, 0.5) is 0 Å². The van der Waals surface area contributed by atoms with E-state index in [1.807, 2.05) is 42.5 Å². The van der Waals surface area contributed by atoms with Crippen molar-refractivity contribution in [1.82, 2.24) is 15.0 Å². The van der Waals surface area contributed by atoms with Crippen LogP contribution in [0.25, 0.3) is 89.1 Å². The summed E-state index contributed by atoms with van der Waals surface area (Å²) in [6.07, 6.45) is 0. The van der Waals surface area contributed by atoms with E-state index in [9.17, 15) is 0 Å². The molecule has 2 aromatic heterocycles. The Kier molecular flexibility index (Phi) is 7.49. The first kappa shape index (κ1) is 29.4. The van der Waals surface area contributed by atoms with Gasteiger partial charge in [0.25, 0.3) is 0 Å². The van der Waals surface area contributed by atoms with Crippen molar-refractivity contribution in [2.24, 2.45) is 0 Å². The first-order valence-corrected chi connectivity index (χ1v) is 16.9. The zero-order chi connectivity index (χ0) is 33.3. The Hall–Kier alpha value is -6.71. The predicted molar refractivity (Wildman–Crippen MR) is 207 cm³/mol. The van der Waals surface area contributed by atoms with Gasteiger partial charge in [-0.1, -0.05) is 164 Å². The maximum atomic E-state index is 5.31. The maximum Gasteiger partial charge on any atom is 0.160 e. The Labute approximate surface area is 291 Å². The predicted octanol–water partition coefficient (Wildman–Crippen LogP) is 12.2. The number of benzene rings is 7. The molecular formula is C47H31N3. The number of rotatable bonds is 6. The highest BCUT2D eigenvalue weighted by molar-refractivity contribution is 6.18. The summed E-state index contributed by atoms with van der Waals surface area (Å²) in [5, 5.41) is 3.50. The first-order chi connectivity index (χ1) is 24.8. The summed E-state index contributed by atoms with van der Waals surface area (Å²) < 4.78 is 0. The number of hydrogen-bond acceptors (Lipinski definition) is 3. The van der Waals surface area contributed by atoms with Crippen molar-refractivity contribution in [2.75, 3.05) is 0 Å². The van der Waals surface area contributed by atoms with E-state index in [2.05, 4.69) is 146 Å². The molecule has 9 aromatic rings. The molecule has 0 saturated carbocycles. The van der Waals surface area contributed by atoms with Gasteiger partial charge in [-0.3, -0.25) is 0 Å². The molecule has 0 unspecified atom stereocenters. The number of hydrogen-bond donors (Lipinski definition) is 0. The van der Waals surface area contributed by atoms with Crippen LogP contribution in [-0.2, 0) is 0 Å². The van der Waals surface area contributed by atoms with Crippen molar-refractivity contribution in [1.29, 1.82) is 0 Å². The van der Waals surface area contributed by atoms with Crippen molar-refractivity contribution in [3.05, 3.63) is 188 Å². The number of nitrogens with zero attached hydrogens (tertiary/aromatic N) is 3. The molecule has 0 bridgehead atoms. The standard InChI is InChI=1S/C47H31N3/c1-5-16-32(17-6-1)41-30-42(33-18-7-2-8-19-33)48-45-29-40(38-26-13-14-27-39(38)46(41)45)36-24-15-25-37(28-36)47-49-43(34-20-9-3-10-21-34)31-44(50-47)35-22-11-4-12-23-35/h1-31H. The summed E-state index contributed by atoms with van der Waals surface area (Å²) >= 11 is 0. The van der Waals surface area contributed by atoms with Gasteiger partial charge in [-0.05, 0) is 57.3 Å². The van der Waals surface area contributed by atoms with Crippen LogP contribution in [0.1, 0.15) is 0 Å². The van der Waals surface area contributed by atoms with Gasteiger partial charge >= 0.3 is 0 Å². The number of pyridine rings is 1.